The van der Waals surface area contributed by atoms with Crippen molar-refractivity contribution in [3.8, 4) is 0 Å². The van der Waals surface area contributed by atoms with Crippen LogP contribution in [0.3, 0.4) is 0 Å². The third kappa shape index (κ3) is 4.56. The standard InChI is InChI=1S/C17H16F3N3O2/c1-11(2)23-8-4-7-14(16(23)25)15(24)22-21-10-12-5-3-6-13(9-12)17(18,19)20/h3-11H,1-2H3,(H,22,24)/b21-10-. The van der Waals surface area contributed by atoms with Crippen LogP contribution in [0.2, 0.25) is 0 Å². The Balaban J connectivity index is 2.14. The number of amides is 1. The van der Waals surface area contributed by atoms with E-state index < -0.39 is 23.2 Å². The minimum absolute atomic E-state index is 0.0996. The maximum Gasteiger partial charge on any atom is 0.416 e. The van der Waals surface area contributed by atoms with E-state index in [4.69, 9.17) is 0 Å². The van der Waals surface area contributed by atoms with Crippen LogP contribution in [-0.4, -0.2) is 16.7 Å². The zero-order valence-corrected chi connectivity index (χ0v) is 13.5. The van der Waals surface area contributed by atoms with Crippen LogP contribution in [-0.2, 0) is 6.18 Å². The van der Waals surface area contributed by atoms with Crippen LogP contribution in [0.5, 0.6) is 0 Å². The van der Waals surface area contributed by atoms with Gasteiger partial charge in [0.25, 0.3) is 11.5 Å². The zero-order chi connectivity index (χ0) is 18.6. The number of pyridine rings is 1. The molecule has 0 spiro atoms. The van der Waals surface area contributed by atoms with Gasteiger partial charge in [0.15, 0.2) is 0 Å². The van der Waals surface area contributed by atoms with Gasteiger partial charge in [0, 0.05) is 12.2 Å². The second kappa shape index (κ2) is 7.33. The highest BCUT2D eigenvalue weighted by Gasteiger charge is 2.30. The molecule has 0 aliphatic rings. The smallest absolute Gasteiger partial charge is 0.312 e. The summed E-state index contributed by atoms with van der Waals surface area (Å²) in [5.41, 5.74) is 0.936. The first kappa shape index (κ1) is 18.4. The summed E-state index contributed by atoms with van der Waals surface area (Å²) in [4.78, 5) is 24.2. The first-order chi connectivity index (χ1) is 11.7. The molecule has 1 aromatic heterocycles. The van der Waals surface area contributed by atoms with Gasteiger partial charge in [-0.05, 0) is 43.7 Å². The van der Waals surface area contributed by atoms with Crippen molar-refractivity contribution in [2.45, 2.75) is 26.1 Å². The molecule has 0 atom stereocenters. The fourth-order valence-electron chi connectivity index (χ4n) is 2.11. The molecule has 0 bridgehead atoms. The fourth-order valence-corrected chi connectivity index (χ4v) is 2.11. The van der Waals surface area contributed by atoms with E-state index in [1.54, 1.807) is 26.1 Å². The zero-order valence-electron chi connectivity index (χ0n) is 13.5. The third-order valence-electron chi connectivity index (χ3n) is 3.37. The number of aromatic nitrogens is 1. The third-order valence-corrected chi connectivity index (χ3v) is 3.37. The molecule has 0 aliphatic heterocycles. The molecule has 0 unspecified atom stereocenters. The van der Waals surface area contributed by atoms with Crippen molar-refractivity contribution in [1.82, 2.24) is 9.99 Å². The normalized spacial score (nSPS) is 11.9. The van der Waals surface area contributed by atoms with Gasteiger partial charge in [0.2, 0.25) is 0 Å². The molecule has 1 aromatic carbocycles. The summed E-state index contributed by atoms with van der Waals surface area (Å²) >= 11 is 0. The number of hydrogen-bond donors (Lipinski definition) is 1. The largest absolute Gasteiger partial charge is 0.416 e. The van der Waals surface area contributed by atoms with Crippen molar-refractivity contribution in [1.29, 1.82) is 0 Å². The Kier molecular flexibility index (Phi) is 5.41. The first-order valence-corrected chi connectivity index (χ1v) is 7.42. The molecule has 5 nitrogen and oxygen atoms in total. The van der Waals surface area contributed by atoms with Crippen LogP contribution in [0.25, 0.3) is 0 Å². The number of hydrogen-bond acceptors (Lipinski definition) is 3. The summed E-state index contributed by atoms with van der Waals surface area (Å²) in [6, 6.07) is 7.30. The molecule has 0 aliphatic carbocycles. The lowest BCUT2D eigenvalue weighted by Gasteiger charge is -2.10. The highest BCUT2D eigenvalue weighted by molar-refractivity contribution is 5.94. The molecule has 2 rings (SSSR count). The Morgan fingerprint density at radius 3 is 2.60 bits per heavy atom. The Morgan fingerprint density at radius 1 is 1.24 bits per heavy atom. The van der Waals surface area contributed by atoms with Crippen molar-refractivity contribution < 1.29 is 18.0 Å². The van der Waals surface area contributed by atoms with Crippen LogP contribution in [0.15, 0.2) is 52.5 Å². The lowest BCUT2D eigenvalue weighted by atomic mass is 10.1. The number of benzene rings is 1. The van der Waals surface area contributed by atoms with Crippen molar-refractivity contribution in [2.75, 3.05) is 0 Å². The molecule has 1 amide bonds. The van der Waals surface area contributed by atoms with E-state index in [1.165, 1.54) is 22.8 Å². The van der Waals surface area contributed by atoms with E-state index >= 15 is 0 Å². The van der Waals surface area contributed by atoms with Crippen molar-refractivity contribution >= 4 is 12.1 Å². The van der Waals surface area contributed by atoms with Gasteiger partial charge in [-0.15, -0.1) is 0 Å². The average Bonchev–Trinajstić information content (AvgIpc) is 2.54. The quantitative estimate of drug-likeness (QED) is 0.679. The molecule has 25 heavy (non-hydrogen) atoms. The number of carbonyl (C=O) groups is 1. The molecule has 1 heterocycles. The van der Waals surface area contributed by atoms with Crippen LogP contribution < -0.4 is 11.0 Å². The summed E-state index contributed by atoms with van der Waals surface area (Å²) in [5.74, 6) is -0.733. The lowest BCUT2D eigenvalue weighted by molar-refractivity contribution is -0.137. The van der Waals surface area contributed by atoms with E-state index in [2.05, 4.69) is 10.5 Å². The van der Waals surface area contributed by atoms with E-state index in [0.717, 1.165) is 18.3 Å². The molecule has 0 radical (unpaired) electrons. The van der Waals surface area contributed by atoms with Crippen LogP contribution in [0.4, 0.5) is 13.2 Å². The van der Waals surface area contributed by atoms with Gasteiger partial charge >= 0.3 is 6.18 Å². The second-order valence-electron chi connectivity index (χ2n) is 5.55. The summed E-state index contributed by atoms with van der Waals surface area (Å²) in [7, 11) is 0. The monoisotopic (exact) mass is 351 g/mol. The molecule has 1 N–H and O–H groups in total. The number of nitrogens with zero attached hydrogens (tertiary/aromatic N) is 2. The topological polar surface area (TPSA) is 63.5 Å². The predicted molar refractivity (Wildman–Crippen MR) is 87.6 cm³/mol. The van der Waals surface area contributed by atoms with Crippen molar-refractivity contribution in [2.24, 2.45) is 5.10 Å². The molecule has 132 valence electrons. The van der Waals surface area contributed by atoms with Gasteiger partial charge in [0.1, 0.15) is 5.56 Å². The molecule has 0 fully saturated rings. The Morgan fingerprint density at radius 2 is 1.96 bits per heavy atom. The molecule has 0 saturated heterocycles. The maximum absolute atomic E-state index is 12.6. The summed E-state index contributed by atoms with van der Waals surface area (Å²) < 4.78 is 39.3. The first-order valence-electron chi connectivity index (χ1n) is 7.42. The molecular formula is C17H16F3N3O2. The van der Waals surface area contributed by atoms with E-state index in [1.807, 2.05) is 0 Å². The summed E-state index contributed by atoms with van der Waals surface area (Å²) in [5, 5.41) is 3.62. The van der Waals surface area contributed by atoms with Gasteiger partial charge < -0.3 is 4.57 Å². The van der Waals surface area contributed by atoms with Gasteiger partial charge in [-0.2, -0.15) is 18.3 Å². The SMILES string of the molecule is CC(C)n1cccc(C(=O)N/N=C\c2cccc(C(F)(F)F)c2)c1=O. The fraction of sp³-hybridized carbons (Fsp3) is 0.235. The van der Waals surface area contributed by atoms with Crippen molar-refractivity contribution in [3.63, 3.8) is 0 Å². The maximum atomic E-state index is 12.6. The highest BCUT2D eigenvalue weighted by atomic mass is 19.4. The molecule has 2 aromatic rings. The number of halogens is 3. The summed E-state index contributed by atoms with van der Waals surface area (Å²) in [6.07, 6.45) is -1.81. The number of rotatable bonds is 4. The number of nitrogens with one attached hydrogen (secondary N) is 1. The molecule has 8 heteroatoms. The summed E-state index contributed by atoms with van der Waals surface area (Å²) in [6.45, 7) is 3.60. The number of carbonyl (C=O) groups excluding carboxylic acids is 1. The van der Waals surface area contributed by atoms with E-state index in [-0.39, 0.29) is 17.2 Å². The van der Waals surface area contributed by atoms with Crippen LogP contribution in [0, 0.1) is 0 Å². The average molecular weight is 351 g/mol. The van der Waals surface area contributed by atoms with E-state index in [9.17, 15) is 22.8 Å². The Labute approximate surface area is 141 Å². The molecule has 0 saturated carbocycles. The second-order valence-corrected chi connectivity index (χ2v) is 5.55. The minimum atomic E-state index is -4.46. The van der Waals surface area contributed by atoms with Crippen LogP contribution in [0.1, 0.15) is 41.4 Å². The van der Waals surface area contributed by atoms with Crippen LogP contribution >= 0.6 is 0 Å². The van der Waals surface area contributed by atoms with Crippen molar-refractivity contribution in [3.05, 3.63) is 69.6 Å². The van der Waals surface area contributed by atoms with Gasteiger partial charge in [-0.1, -0.05) is 12.1 Å². The highest BCUT2D eigenvalue weighted by Crippen LogP contribution is 2.29. The van der Waals surface area contributed by atoms with Gasteiger partial charge in [-0.25, -0.2) is 5.43 Å². The van der Waals surface area contributed by atoms with E-state index in [0.29, 0.717) is 0 Å². The predicted octanol–water partition coefficient (Wildman–Crippen LogP) is 3.21. The Hall–Kier alpha value is -2.90. The number of hydrazone groups is 1. The van der Waals surface area contributed by atoms with Gasteiger partial charge in [-0.3, -0.25) is 9.59 Å². The van der Waals surface area contributed by atoms with Gasteiger partial charge in [0.05, 0.1) is 11.8 Å². The Bertz CT molecular complexity index is 855. The minimum Gasteiger partial charge on any atom is -0.312 e. The molecular weight excluding hydrogens is 335 g/mol. The lowest BCUT2D eigenvalue weighted by Crippen LogP contribution is -2.31. The number of alkyl halides is 3.